The van der Waals surface area contributed by atoms with Gasteiger partial charge in [-0.15, -0.1) is 0 Å². The molecule has 0 unspecified atom stereocenters. The van der Waals surface area contributed by atoms with Crippen molar-refractivity contribution in [3.05, 3.63) is 22.7 Å². The molecule has 0 atom stereocenters. The second kappa shape index (κ2) is 5.75. The highest BCUT2D eigenvalue weighted by atomic mass is 35.5. The number of halogens is 1. The highest BCUT2D eigenvalue weighted by Gasteiger charge is 2.17. The van der Waals surface area contributed by atoms with Crippen molar-refractivity contribution in [3.8, 4) is 0 Å². The molecule has 0 bridgehead atoms. The minimum absolute atomic E-state index is 0.298. The predicted molar refractivity (Wildman–Crippen MR) is 69.1 cm³/mol. The number of nitrogens with zero attached hydrogens (tertiary/aromatic N) is 1. The number of hydrogen-bond acceptors (Lipinski definition) is 5. The topological polar surface area (TPSA) is 67.6 Å². The van der Waals surface area contributed by atoms with Crippen LogP contribution in [0.1, 0.15) is 17.3 Å². The largest absolute Gasteiger partial charge is 0.462 e. The van der Waals surface area contributed by atoms with E-state index in [1.54, 1.807) is 32.1 Å². The number of carbonyl (C=O) groups is 1. The summed E-state index contributed by atoms with van der Waals surface area (Å²) in [5.41, 5.74) is 9.85. The molecule has 17 heavy (non-hydrogen) atoms. The Bertz CT molecular complexity index is 421. The molecule has 94 valence electrons. The summed E-state index contributed by atoms with van der Waals surface area (Å²) < 4.78 is 4.95. The minimum atomic E-state index is -0.453. The molecule has 0 aromatic heterocycles. The van der Waals surface area contributed by atoms with Crippen molar-refractivity contribution in [1.29, 1.82) is 0 Å². The maximum absolute atomic E-state index is 11.8. The van der Waals surface area contributed by atoms with Gasteiger partial charge in [-0.2, -0.15) is 0 Å². The van der Waals surface area contributed by atoms with Gasteiger partial charge in [-0.25, -0.2) is 9.80 Å². The summed E-state index contributed by atoms with van der Waals surface area (Å²) in [6.45, 7) is 2.04. The number of nitrogens with one attached hydrogen (secondary N) is 1. The van der Waals surface area contributed by atoms with Crippen LogP contribution >= 0.6 is 11.6 Å². The second-order valence-corrected chi connectivity index (χ2v) is 4.06. The Morgan fingerprint density at radius 2 is 2.18 bits per heavy atom. The van der Waals surface area contributed by atoms with Crippen molar-refractivity contribution in [3.63, 3.8) is 0 Å². The Labute approximate surface area is 105 Å². The fourth-order valence-corrected chi connectivity index (χ4v) is 1.60. The Morgan fingerprint density at radius 1 is 1.53 bits per heavy atom. The summed E-state index contributed by atoms with van der Waals surface area (Å²) in [6.07, 6.45) is 0. The summed E-state index contributed by atoms with van der Waals surface area (Å²) in [4.78, 5) is 11.8. The van der Waals surface area contributed by atoms with Crippen LogP contribution in [-0.4, -0.2) is 31.7 Å². The van der Waals surface area contributed by atoms with E-state index in [1.807, 2.05) is 0 Å². The summed E-state index contributed by atoms with van der Waals surface area (Å²) in [7, 11) is 3.59. The predicted octanol–water partition coefficient (Wildman–Crippen LogP) is 1.99. The molecule has 0 amide bonds. The number of ether oxygens (including phenoxy) is 1. The number of nitrogen functional groups attached to an aromatic ring is 1. The van der Waals surface area contributed by atoms with Crippen molar-refractivity contribution in [2.24, 2.45) is 0 Å². The molecule has 0 saturated heterocycles. The molecule has 0 aliphatic heterocycles. The first-order valence-electron chi connectivity index (χ1n) is 5.15. The number of carbonyl (C=O) groups excluding carboxylic acids is 1. The van der Waals surface area contributed by atoms with Gasteiger partial charge < -0.3 is 15.9 Å². The van der Waals surface area contributed by atoms with E-state index >= 15 is 0 Å². The van der Waals surface area contributed by atoms with Crippen LogP contribution in [0.5, 0.6) is 0 Å². The molecule has 6 heteroatoms. The van der Waals surface area contributed by atoms with Crippen LogP contribution in [0.2, 0.25) is 5.02 Å². The molecule has 1 aromatic carbocycles. The molecule has 1 rings (SSSR count). The summed E-state index contributed by atoms with van der Waals surface area (Å²) in [6, 6.07) is 3.12. The number of hydrogen-bond donors (Lipinski definition) is 2. The molecule has 0 spiro atoms. The van der Waals surface area contributed by atoms with Gasteiger partial charge in [-0.05, 0) is 19.1 Å². The Morgan fingerprint density at radius 3 is 2.71 bits per heavy atom. The molecule has 0 radical (unpaired) electrons. The Balaban J connectivity index is 3.19. The van der Waals surface area contributed by atoms with Crippen LogP contribution in [-0.2, 0) is 4.74 Å². The average Bonchev–Trinajstić information content (AvgIpc) is 2.21. The summed E-state index contributed by atoms with van der Waals surface area (Å²) >= 11 is 6.05. The lowest BCUT2D eigenvalue weighted by molar-refractivity contribution is 0.0527. The first kappa shape index (κ1) is 13.6. The van der Waals surface area contributed by atoms with Crippen molar-refractivity contribution < 1.29 is 9.53 Å². The van der Waals surface area contributed by atoms with Crippen molar-refractivity contribution in [1.82, 2.24) is 5.01 Å². The number of anilines is 2. The van der Waals surface area contributed by atoms with Crippen molar-refractivity contribution in [2.75, 3.05) is 31.9 Å². The van der Waals surface area contributed by atoms with Gasteiger partial charge in [0.25, 0.3) is 0 Å². The maximum Gasteiger partial charge on any atom is 0.340 e. The van der Waals surface area contributed by atoms with Gasteiger partial charge in [-0.1, -0.05) is 11.6 Å². The minimum Gasteiger partial charge on any atom is -0.462 e. The monoisotopic (exact) mass is 257 g/mol. The number of benzene rings is 1. The van der Waals surface area contributed by atoms with Crippen LogP contribution in [0.25, 0.3) is 0 Å². The SMILES string of the molecule is CCOC(=O)c1cc(N)cc(Cl)c1NN(C)C. The van der Waals surface area contributed by atoms with Gasteiger partial charge in [0.1, 0.15) is 0 Å². The van der Waals surface area contributed by atoms with Crippen LogP contribution in [0.3, 0.4) is 0 Å². The third-order valence-electron chi connectivity index (χ3n) is 1.94. The third kappa shape index (κ3) is 3.51. The first-order valence-corrected chi connectivity index (χ1v) is 5.53. The van der Waals surface area contributed by atoms with E-state index in [0.717, 1.165) is 0 Å². The zero-order valence-corrected chi connectivity index (χ0v) is 10.8. The lowest BCUT2D eigenvalue weighted by atomic mass is 10.1. The van der Waals surface area contributed by atoms with Gasteiger partial charge in [-0.3, -0.25) is 0 Å². The standard InChI is InChI=1S/C11H16ClN3O2/c1-4-17-11(16)8-5-7(13)6-9(12)10(8)14-15(2)3/h5-6,14H,4,13H2,1-3H3. The number of nitrogens with two attached hydrogens (primary N) is 1. The normalized spacial score (nSPS) is 10.4. The van der Waals surface area contributed by atoms with Gasteiger partial charge >= 0.3 is 5.97 Å². The summed E-state index contributed by atoms with van der Waals surface area (Å²) in [5.74, 6) is -0.453. The fourth-order valence-electron chi connectivity index (χ4n) is 1.33. The Hall–Kier alpha value is -1.46. The molecule has 0 aliphatic rings. The van der Waals surface area contributed by atoms with Crippen LogP contribution < -0.4 is 11.2 Å². The van der Waals surface area contributed by atoms with Gasteiger partial charge in [0, 0.05) is 19.8 Å². The second-order valence-electron chi connectivity index (χ2n) is 3.65. The Kier molecular flexibility index (Phi) is 4.60. The van der Waals surface area contributed by atoms with Gasteiger partial charge in [0.05, 0.1) is 22.9 Å². The van der Waals surface area contributed by atoms with Gasteiger partial charge in [0.15, 0.2) is 0 Å². The molecule has 3 N–H and O–H groups in total. The number of rotatable bonds is 4. The molecule has 0 heterocycles. The number of hydrazine groups is 1. The highest BCUT2D eigenvalue weighted by molar-refractivity contribution is 6.34. The summed E-state index contributed by atoms with van der Waals surface area (Å²) in [5, 5.41) is 2.06. The lowest BCUT2D eigenvalue weighted by Gasteiger charge is -2.18. The zero-order chi connectivity index (χ0) is 13.0. The van der Waals surface area contributed by atoms with E-state index in [-0.39, 0.29) is 0 Å². The first-order chi connectivity index (χ1) is 7.95. The van der Waals surface area contributed by atoms with Crippen molar-refractivity contribution in [2.45, 2.75) is 6.92 Å². The van der Waals surface area contributed by atoms with Gasteiger partial charge in [0.2, 0.25) is 0 Å². The molecular weight excluding hydrogens is 242 g/mol. The molecule has 0 aliphatic carbocycles. The smallest absolute Gasteiger partial charge is 0.340 e. The molecule has 0 saturated carbocycles. The van der Waals surface area contributed by atoms with E-state index in [0.29, 0.717) is 28.6 Å². The van der Waals surface area contributed by atoms with E-state index in [4.69, 9.17) is 22.1 Å². The molecule has 5 nitrogen and oxygen atoms in total. The number of esters is 1. The van der Waals surface area contributed by atoms with E-state index in [9.17, 15) is 4.79 Å². The third-order valence-corrected chi connectivity index (χ3v) is 2.24. The zero-order valence-electron chi connectivity index (χ0n) is 10.1. The van der Waals surface area contributed by atoms with E-state index in [1.165, 1.54) is 6.07 Å². The van der Waals surface area contributed by atoms with E-state index < -0.39 is 5.97 Å². The molecule has 0 fully saturated rings. The highest BCUT2D eigenvalue weighted by Crippen LogP contribution is 2.29. The lowest BCUT2D eigenvalue weighted by Crippen LogP contribution is -2.22. The van der Waals surface area contributed by atoms with Crippen LogP contribution in [0.15, 0.2) is 12.1 Å². The van der Waals surface area contributed by atoms with Crippen molar-refractivity contribution >= 4 is 28.9 Å². The van der Waals surface area contributed by atoms with E-state index in [2.05, 4.69) is 5.43 Å². The molecule has 1 aromatic rings. The maximum atomic E-state index is 11.8. The van der Waals surface area contributed by atoms with Crippen LogP contribution in [0.4, 0.5) is 11.4 Å². The van der Waals surface area contributed by atoms with Crippen LogP contribution in [0, 0.1) is 0 Å². The average molecular weight is 258 g/mol. The fraction of sp³-hybridized carbons (Fsp3) is 0.364. The molecular formula is C11H16ClN3O2. The quantitative estimate of drug-likeness (QED) is 0.491.